The van der Waals surface area contributed by atoms with Crippen molar-refractivity contribution in [2.45, 2.75) is 52.0 Å². The first-order valence-electron chi connectivity index (χ1n) is 12.1. The predicted octanol–water partition coefficient (Wildman–Crippen LogP) is 4.87. The molecule has 0 saturated carbocycles. The van der Waals surface area contributed by atoms with Gasteiger partial charge in [-0.3, -0.25) is 4.79 Å². The van der Waals surface area contributed by atoms with Crippen molar-refractivity contribution in [2.24, 2.45) is 5.92 Å². The van der Waals surface area contributed by atoms with Crippen molar-refractivity contribution in [3.63, 3.8) is 0 Å². The summed E-state index contributed by atoms with van der Waals surface area (Å²) < 4.78 is 5.59. The van der Waals surface area contributed by atoms with Crippen LogP contribution in [0.2, 0.25) is 0 Å². The van der Waals surface area contributed by atoms with E-state index in [1.54, 1.807) is 0 Å². The van der Waals surface area contributed by atoms with Crippen LogP contribution in [-0.4, -0.2) is 42.3 Å². The summed E-state index contributed by atoms with van der Waals surface area (Å²) in [4.78, 5) is 35.3. The van der Waals surface area contributed by atoms with Crippen LogP contribution >= 0.6 is 0 Å². The molecule has 35 heavy (non-hydrogen) atoms. The zero-order valence-electron chi connectivity index (χ0n) is 20.5. The second-order valence-corrected chi connectivity index (χ2v) is 9.14. The Labute approximate surface area is 206 Å². The lowest BCUT2D eigenvalue weighted by molar-refractivity contribution is -0.132. The number of alkyl carbamates (subject to hydrolysis) is 1. The van der Waals surface area contributed by atoms with Crippen LogP contribution in [0, 0.1) is 5.92 Å². The standard InChI is InChI=1S/C28H34N2O5/c1-18(26(31)29-16-15-19(2)27(32)33)9-8-10-20(3)30-28(34)35-17-25-23-13-6-4-11-21(23)22-12-5-7-14-24(22)25/h4-7,11-15,18,20,25H,8-10,16-17H2,1-3H3,(H,29,31)(H,30,34)(H,32,33)/b19-15+. The lowest BCUT2D eigenvalue weighted by atomic mass is 9.98. The summed E-state index contributed by atoms with van der Waals surface area (Å²) in [6, 6.07) is 16.4. The first-order valence-corrected chi connectivity index (χ1v) is 12.1. The van der Waals surface area contributed by atoms with Gasteiger partial charge in [-0.2, -0.15) is 0 Å². The first-order chi connectivity index (χ1) is 16.8. The Morgan fingerprint density at radius 3 is 2.20 bits per heavy atom. The number of carbonyl (C=O) groups excluding carboxylic acids is 2. The van der Waals surface area contributed by atoms with Gasteiger partial charge in [0, 0.05) is 30.0 Å². The fourth-order valence-corrected chi connectivity index (χ4v) is 4.34. The number of hydrogen-bond acceptors (Lipinski definition) is 4. The van der Waals surface area contributed by atoms with Crippen LogP contribution < -0.4 is 10.6 Å². The van der Waals surface area contributed by atoms with E-state index in [4.69, 9.17) is 9.84 Å². The summed E-state index contributed by atoms with van der Waals surface area (Å²) in [7, 11) is 0. The molecule has 0 spiro atoms. The molecule has 1 aliphatic carbocycles. The van der Waals surface area contributed by atoms with Gasteiger partial charge in [0.2, 0.25) is 5.91 Å². The van der Waals surface area contributed by atoms with Crippen molar-refractivity contribution in [1.29, 1.82) is 0 Å². The number of benzene rings is 2. The minimum Gasteiger partial charge on any atom is -0.478 e. The van der Waals surface area contributed by atoms with Gasteiger partial charge in [0.1, 0.15) is 6.61 Å². The Balaban J connectivity index is 1.39. The fraction of sp³-hybridized carbons (Fsp3) is 0.393. The van der Waals surface area contributed by atoms with E-state index in [1.807, 2.05) is 38.1 Å². The third kappa shape index (κ3) is 6.94. The number of carboxylic acid groups (broad SMARTS) is 1. The molecule has 186 valence electrons. The average molecular weight is 479 g/mol. The number of carbonyl (C=O) groups is 3. The molecule has 0 heterocycles. The molecular weight excluding hydrogens is 444 g/mol. The van der Waals surface area contributed by atoms with Gasteiger partial charge in [0.05, 0.1) is 0 Å². The molecule has 3 rings (SSSR count). The van der Waals surface area contributed by atoms with E-state index >= 15 is 0 Å². The maximum absolute atomic E-state index is 12.4. The van der Waals surface area contributed by atoms with Crippen molar-refractivity contribution >= 4 is 18.0 Å². The Morgan fingerprint density at radius 1 is 1.00 bits per heavy atom. The molecule has 0 saturated heterocycles. The van der Waals surface area contributed by atoms with E-state index < -0.39 is 12.1 Å². The Bertz CT molecular complexity index is 1050. The molecule has 1 aliphatic rings. The third-order valence-electron chi connectivity index (χ3n) is 6.45. The smallest absolute Gasteiger partial charge is 0.407 e. The highest BCUT2D eigenvalue weighted by molar-refractivity contribution is 5.86. The molecule has 2 atom stereocenters. The Morgan fingerprint density at radius 2 is 1.60 bits per heavy atom. The molecule has 7 nitrogen and oxygen atoms in total. The summed E-state index contributed by atoms with van der Waals surface area (Å²) in [6.45, 7) is 5.72. The summed E-state index contributed by atoms with van der Waals surface area (Å²) in [5.41, 5.74) is 4.94. The van der Waals surface area contributed by atoms with Gasteiger partial charge in [-0.05, 0) is 48.9 Å². The molecule has 7 heteroatoms. The molecule has 3 N–H and O–H groups in total. The SMILES string of the molecule is C/C(=C\CNC(=O)C(C)CCCC(C)NC(=O)OCC1c2ccccc2-c2ccccc21)C(=O)O. The molecule has 0 aliphatic heterocycles. The predicted molar refractivity (Wildman–Crippen MR) is 135 cm³/mol. The van der Waals surface area contributed by atoms with Gasteiger partial charge in [0.15, 0.2) is 0 Å². The van der Waals surface area contributed by atoms with Crippen LogP contribution in [0.3, 0.4) is 0 Å². The number of fused-ring (bicyclic) bond motifs is 3. The normalized spacial score (nSPS) is 14.4. The number of carboxylic acids is 1. The monoisotopic (exact) mass is 478 g/mol. The quantitative estimate of drug-likeness (QED) is 0.400. The molecule has 0 aromatic heterocycles. The van der Waals surface area contributed by atoms with Crippen LogP contribution in [0.25, 0.3) is 11.1 Å². The van der Waals surface area contributed by atoms with Gasteiger partial charge in [0.25, 0.3) is 0 Å². The number of nitrogens with one attached hydrogen (secondary N) is 2. The summed E-state index contributed by atoms with van der Waals surface area (Å²) >= 11 is 0. The second-order valence-electron chi connectivity index (χ2n) is 9.14. The number of hydrogen-bond donors (Lipinski definition) is 3. The molecule has 2 aromatic carbocycles. The molecule has 2 unspecified atom stereocenters. The third-order valence-corrected chi connectivity index (χ3v) is 6.45. The second kappa shape index (κ2) is 12.2. The van der Waals surface area contributed by atoms with Crippen molar-refractivity contribution in [3.05, 3.63) is 71.3 Å². The van der Waals surface area contributed by atoms with Crippen LogP contribution in [0.5, 0.6) is 0 Å². The fourth-order valence-electron chi connectivity index (χ4n) is 4.34. The Kier molecular flexibility index (Phi) is 9.06. The maximum atomic E-state index is 12.4. The highest BCUT2D eigenvalue weighted by Gasteiger charge is 2.29. The van der Waals surface area contributed by atoms with Gasteiger partial charge >= 0.3 is 12.1 Å². The van der Waals surface area contributed by atoms with Crippen molar-refractivity contribution in [2.75, 3.05) is 13.2 Å². The van der Waals surface area contributed by atoms with Crippen LogP contribution in [0.1, 0.15) is 57.1 Å². The topological polar surface area (TPSA) is 105 Å². The highest BCUT2D eigenvalue weighted by Crippen LogP contribution is 2.44. The number of ether oxygens (including phenoxy) is 1. The minimum atomic E-state index is -0.995. The summed E-state index contributed by atoms with van der Waals surface area (Å²) in [5.74, 6) is -1.28. The van der Waals surface area contributed by atoms with Crippen LogP contribution in [0.15, 0.2) is 60.2 Å². The molecule has 2 amide bonds. The van der Waals surface area contributed by atoms with E-state index in [2.05, 4.69) is 34.9 Å². The Hall–Kier alpha value is -3.61. The summed E-state index contributed by atoms with van der Waals surface area (Å²) in [5, 5.41) is 14.4. The van der Waals surface area contributed by atoms with Gasteiger partial charge in [-0.25, -0.2) is 9.59 Å². The van der Waals surface area contributed by atoms with Crippen LogP contribution in [0.4, 0.5) is 4.79 Å². The molecule has 0 bridgehead atoms. The lowest BCUT2D eigenvalue weighted by Crippen LogP contribution is -2.34. The largest absolute Gasteiger partial charge is 0.478 e. The highest BCUT2D eigenvalue weighted by atomic mass is 16.5. The zero-order valence-corrected chi connectivity index (χ0v) is 20.5. The van der Waals surface area contributed by atoms with Gasteiger partial charge in [-0.15, -0.1) is 0 Å². The number of rotatable bonds is 11. The van der Waals surface area contributed by atoms with Gasteiger partial charge < -0.3 is 20.5 Å². The zero-order chi connectivity index (χ0) is 25.4. The van der Waals surface area contributed by atoms with E-state index in [0.717, 1.165) is 12.8 Å². The maximum Gasteiger partial charge on any atom is 0.407 e. The van der Waals surface area contributed by atoms with Crippen molar-refractivity contribution in [3.8, 4) is 11.1 Å². The number of aliphatic carboxylic acids is 1. The minimum absolute atomic E-state index is 0.0250. The average Bonchev–Trinajstić information content (AvgIpc) is 3.16. The van der Waals surface area contributed by atoms with E-state index in [0.29, 0.717) is 6.42 Å². The lowest BCUT2D eigenvalue weighted by Gasteiger charge is -2.18. The van der Waals surface area contributed by atoms with Crippen molar-refractivity contribution < 1.29 is 24.2 Å². The first kappa shape index (κ1) is 26.0. The van der Waals surface area contributed by atoms with Crippen LogP contribution in [-0.2, 0) is 14.3 Å². The molecular formula is C28H34N2O5. The van der Waals surface area contributed by atoms with E-state index in [-0.39, 0.29) is 42.5 Å². The molecule has 2 aromatic rings. The van der Waals surface area contributed by atoms with Gasteiger partial charge in [-0.1, -0.05) is 68.0 Å². The number of amides is 2. The van der Waals surface area contributed by atoms with Crippen molar-refractivity contribution in [1.82, 2.24) is 10.6 Å². The summed E-state index contributed by atoms with van der Waals surface area (Å²) in [6.07, 6.45) is 3.20. The molecule has 0 radical (unpaired) electrons. The van der Waals surface area contributed by atoms with E-state index in [1.165, 1.54) is 35.3 Å². The molecule has 0 fully saturated rings. The van der Waals surface area contributed by atoms with E-state index in [9.17, 15) is 14.4 Å².